The summed E-state index contributed by atoms with van der Waals surface area (Å²) in [5, 5.41) is 12.3. The first-order chi connectivity index (χ1) is 11.7. The van der Waals surface area contributed by atoms with Crippen LogP contribution in [0.5, 0.6) is 11.5 Å². The number of carbonyl (C=O) groups excluding carboxylic acids is 1. The van der Waals surface area contributed by atoms with E-state index in [0.29, 0.717) is 30.3 Å². The third-order valence-corrected chi connectivity index (χ3v) is 3.95. The number of carbonyl (C=O) groups is 1. The summed E-state index contributed by atoms with van der Waals surface area (Å²) >= 11 is 0. The first-order valence-corrected chi connectivity index (χ1v) is 8.50. The summed E-state index contributed by atoms with van der Waals surface area (Å²) in [6.45, 7) is 4.86. The number of ether oxygens (including phenoxy) is 2. The SMILES string of the molecule is CCOc1ccc(/C=C(\C#N)C(=O)NC2CCCC2)c(OCC)c1. The average Bonchev–Trinajstić information content (AvgIpc) is 3.07. The van der Waals surface area contributed by atoms with Crippen molar-refractivity contribution >= 4 is 12.0 Å². The molecule has 1 amide bonds. The second-order valence-corrected chi connectivity index (χ2v) is 5.69. The molecule has 1 aliphatic carbocycles. The monoisotopic (exact) mass is 328 g/mol. The zero-order valence-corrected chi connectivity index (χ0v) is 14.3. The van der Waals surface area contributed by atoms with Gasteiger partial charge in [0.05, 0.1) is 13.2 Å². The van der Waals surface area contributed by atoms with Gasteiger partial charge in [0, 0.05) is 17.7 Å². The molecule has 1 N–H and O–H groups in total. The van der Waals surface area contributed by atoms with Crippen LogP contribution in [0.3, 0.4) is 0 Å². The summed E-state index contributed by atoms with van der Waals surface area (Å²) < 4.78 is 11.1. The Kier molecular flexibility index (Phi) is 6.68. The molecule has 0 spiro atoms. The minimum absolute atomic E-state index is 0.0898. The van der Waals surface area contributed by atoms with E-state index in [1.165, 1.54) is 0 Å². The third-order valence-electron chi connectivity index (χ3n) is 3.95. The molecule has 0 heterocycles. The van der Waals surface area contributed by atoms with Gasteiger partial charge in [-0.15, -0.1) is 0 Å². The van der Waals surface area contributed by atoms with Crippen LogP contribution in [0.1, 0.15) is 45.1 Å². The predicted molar refractivity (Wildman–Crippen MR) is 92.8 cm³/mol. The molecule has 1 aromatic carbocycles. The van der Waals surface area contributed by atoms with Crippen LogP contribution in [0.4, 0.5) is 0 Å². The van der Waals surface area contributed by atoms with Gasteiger partial charge < -0.3 is 14.8 Å². The zero-order chi connectivity index (χ0) is 17.4. The van der Waals surface area contributed by atoms with Gasteiger partial charge in [-0.05, 0) is 44.9 Å². The molecule has 5 nitrogen and oxygen atoms in total. The summed E-state index contributed by atoms with van der Waals surface area (Å²) in [5.74, 6) is 0.984. The lowest BCUT2D eigenvalue weighted by Gasteiger charge is -2.12. The van der Waals surface area contributed by atoms with Gasteiger partial charge in [-0.25, -0.2) is 0 Å². The maximum absolute atomic E-state index is 12.3. The van der Waals surface area contributed by atoms with Crippen molar-refractivity contribution in [3.63, 3.8) is 0 Å². The summed E-state index contributed by atoms with van der Waals surface area (Å²) in [5.41, 5.74) is 0.783. The van der Waals surface area contributed by atoms with E-state index in [9.17, 15) is 10.1 Å². The Morgan fingerprint density at radius 3 is 2.62 bits per heavy atom. The summed E-state index contributed by atoms with van der Waals surface area (Å²) in [6.07, 6.45) is 5.80. The van der Waals surface area contributed by atoms with E-state index in [2.05, 4.69) is 5.32 Å². The Labute approximate surface area is 143 Å². The Balaban J connectivity index is 2.21. The standard InChI is InChI=1S/C19H24N2O3/c1-3-23-17-10-9-14(18(12-17)24-4-2)11-15(13-20)19(22)21-16-7-5-6-8-16/h9-12,16H,3-8H2,1-2H3,(H,21,22)/b15-11+. The van der Waals surface area contributed by atoms with Crippen molar-refractivity contribution in [2.75, 3.05) is 13.2 Å². The molecule has 1 aromatic rings. The van der Waals surface area contributed by atoms with E-state index in [0.717, 1.165) is 25.7 Å². The maximum atomic E-state index is 12.3. The molecule has 0 saturated heterocycles. The van der Waals surface area contributed by atoms with Crippen LogP contribution in [0.25, 0.3) is 6.08 Å². The molecule has 0 atom stereocenters. The summed E-state index contributed by atoms with van der Waals surface area (Å²) in [4.78, 5) is 12.3. The average molecular weight is 328 g/mol. The third kappa shape index (κ3) is 4.76. The van der Waals surface area contributed by atoms with Crippen molar-refractivity contribution in [2.45, 2.75) is 45.6 Å². The predicted octanol–water partition coefficient (Wildman–Crippen LogP) is 3.45. The van der Waals surface area contributed by atoms with Gasteiger partial charge in [-0.2, -0.15) is 5.26 Å². The molecule has 0 aromatic heterocycles. The molecule has 5 heteroatoms. The lowest BCUT2D eigenvalue weighted by Crippen LogP contribution is -2.33. The molecule has 1 aliphatic rings. The fraction of sp³-hybridized carbons (Fsp3) is 0.474. The molecule has 0 bridgehead atoms. The normalized spacial score (nSPS) is 15.0. The molecule has 128 valence electrons. The first kappa shape index (κ1) is 17.9. The fourth-order valence-corrected chi connectivity index (χ4v) is 2.81. The van der Waals surface area contributed by atoms with Crippen LogP contribution in [0.15, 0.2) is 23.8 Å². The molecular weight excluding hydrogens is 304 g/mol. The summed E-state index contributed by atoms with van der Waals surface area (Å²) in [7, 11) is 0. The smallest absolute Gasteiger partial charge is 0.262 e. The van der Waals surface area contributed by atoms with Crippen molar-refractivity contribution in [2.24, 2.45) is 0 Å². The van der Waals surface area contributed by atoms with Gasteiger partial charge in [0.25, 0.3) is 5.91 Å². The van der Waals surface area contributed by atoms with Crippen LogP contribution < -0.4 is 14.8 Å². The highest BCUT2D eigenvalue weighted by atomic mass is 16.5. The molecule has 0 radical (unpaired) electrons. The molecule has 1 fully saturated rings. The van der Waals surface area contributed by atoms with E-state index in [1.807, 2.05) is 26.0 Å². The van der Waals surface area contributed by atoms with Crippen molar-refractivity contribution in [1.82, 2.24) is 5.32 Å². The van der Waals surface area contributed by atoms with E-state index in [1.54, 1.807) is 18.2 Å². The quantitative estimate of drug-likeness (QED) is 0.615. The van der Waals surface area contributed by atoms with Gasteiger partial charge in [-0.3, -0.25) is 4.79 Å². The van der Waals surface area contributed by atoms with Gasteiger partial charge in [0.2, 0.25) is 0 Å². The second-order valence-electron chi connectivity index (χ2n) is 5.69. The molecule has 1 saturated carbocycles. The zero-order valence-electron chi connectivity index (χ0n) is 14.3. The Bertz CT molecular complexity index is 641. The van der Waals surface area contributed by atoms with Gasteiger partial charge in [0.1, 0.15) is 23.1 Å². The minimum Gasteiger partial charge on any atom is -0.494 e. The highest BCUT2D eigenvalue weighted by Crippen LogP contribution is 2.27. The van der Waals surface area contributed by atoms with Crippen molar-refractivity contribution < 1.29 is 14.3 Å². The number of nitrogens with zero attached hydrogens (tertiary/aromatic N) is 1. The number of nitrogens with one attached hydrogen (secondary N) is 1. The molecular formula is C19H24N2O3. The van der Waals surface area contributed by atoms with Crippen molar-refractivity contribution in [3.05, 3.63) is 29.3 Å². The molecule has 0 unspecified atom stereocenters. The highest BCUT2D eigenvalue weighted by Gasteiger charge is 2.19. The van der Waals surface area contributed by atoms with Crippen LogP contribution in [-0.4, -0.2) is 25.2 Å². The highest BCUT2D eigenvalue weighted by molar-refractivity contribution is 6.02. The topological polar surface area (TPSA) is 71.3 Å². The Morgan fingerprint density at radius 1 is 1.29 bits per heavy atom. The molecule has 2 rings (SSSR count). The van der Waals surface area contributed by atoms with Crippen LogP contribution in [-0.2, 0) is 4.79 Å². The second kappa shape index (κ2) is 8.97. The van der Waals surface area contributed by atoms with Gasteiger partial charge >= 0.3 is 0 Å². The van der Waals surface area contributed by atoms with E-state index >= 15 is 0 Å². The van der Waals surface area contributed by atoms with E-state index in [4.69, 9.17) is 9.47 Å². The van der Waals surface area contributed by atoms with Crippen LogP contribution >= 0.6 is 0 Å². The fourth-order valence-electron chi connectivity index (χ4n) is 2.81. The molecule has 24 heavy (non-hydrogen) atoms. The Hall–Kier alpha value is -2.48. The number of nitriles is 1. The minimum atomic E-state index is -0.319. The van der Waals surface area contributed by atoms with Crippen LogP contribution in [0, 0.1) is 11.3 Å². The number of amides is 1. The molecule has 0 aliphatic heterocycles. The number of hydrogen-bond donors (Lipinski definition) is 1. The van der Waals surface area contributed by atoms with E-state index in [-0.39, 0.29) is 17.5 Å². The largest absolute Gasteiger partial charge is 0.494 e. The van der Waals surface area contributed by atoms with Gasteiger partial charge in [0.15, 0.2) is 0 Å². The maximum Gasteiger partial charge on any atom is 0.262 e. The van der Waals surface area contributed by atoms with Crippen molar-refractivity contribution in [3.8, 4) is 17.6 Å². The Morgan fingerprint density at radius 2 is 2.00 bits per heavy atom. The first-order valence-electron chi connectivity index (χ1n) is 8.50. The van der Waals surface area contributed by atoms with Gasteiger partial charge in [-0.1, -0.05) is 12.8 Å². The van der Waals surface area contributed by atoms with Crippen LogP contribution in [0.2, 0.25) is 0 Å². The number of rotatable bonds is 7. The number of hydrogen-bond acceptors (Lipinski definition) is 4. The van der Waals surface area contributed by atoms with Crippen molar-refractivity contribution in [1.29, 1.82) is 5.26 Å². The summed E-state index contributed by atoms with van der Waals surface area (Å²) in [6, 6.07) is 7.57. The lowest BCUT2D eigenvalue weighted by molar-refractivity contribution is -0.117. The lowest BCUT2D eigenvalue weighted by atomic mass is 10.1. The number of benzene rings is 1. The van der Waals surface area contributed by atoms with E-state index < -0.39 is 0 Å².